The third-order valence-electron chi connectivity index (χ3n) is 2.75. The van der Waals surface area contributed by atoms with E-state index in [1.165, 1.54) is 6.33 Å². The molecule has 2 rings (SSSR count). The fraction of sp³-hybridized carbons (Fsp3) is 0.200. The lowest BCUT2D eigenvalue weighted by Gasteiger charge is -2.02. The summed E-state index contributed by atoms with van der Waals surface area (Å²) in [6, 6.07) is 7.61. The second kappa shape index (κ2) is 9.74. The fourth-order valence-electron chi connectivity index (χ4n) is 1.57. The van der Waals surface area contributed by atoms with E-state index in [0.29, 0.717) is 5.56 Å². The Morgan fingerprint density at radius 3 is 2.38 bits per heavy atom. The number of benzene rings is 1. The molecular weight excluding hydrogens is 316 g/mol. The Hall–Kier alpha value is -3.20. The minimum Gasteiger partial charge on any atom is -0.480 e. The molecule has 0 spiro atoms. The normalized spacial score (nSPS) is 10.9. The maximum absolute atomic E-state index is 11.2. The molecule has 128 valence electrons. The average molecular weight is 334 g/mol. The summed E-state index contributed by atoms with van der Waals surface area (Å²) < 4.78 is 0. The van der Waals surface area contributed by atoms with Crippen LogP contribution in [0.3, 0.4) is 0 Å². The van der Waals surface area contributed by atoms with E-state index >= 15 is 0 Å². The summed E-state index contributed by atoms with van der Waals surface area (Å²) in [5.74, 6) is -2.42. The molecule has 2 aromatic rings. The van der Waals surface area contributed by atoms with Gasteiger partial charge in [0.25, 0.3) is 5.91 Å². The number of carboxylic acids is 2. The highest BCUT2D eigenvalue weighted by molar-refractivity contribution is 5.95. The monoisotopic (exact) mass is 334 g/mol. The number of H-pyrrole nitrogens is 1. The molecule has 1 heterocycles. The zero-order valence-electron chi connectivity index (χ0n) is 12.7. The predicted molar refractivity (Wildman–Crippen MR) is 84.3 cm³/mol. The van der Waals surface area contributed by atoms with Crippen molar-refractivity contribution in [3.05, 3.63) is 54.1 Å². The Morgan fingerprint density at radius 1 is 1.21 bits per heavy atom. The molecule has 1 atom stereocenters. The highest BCUT2D eigenvalue weighted by Crippen LogP contribution is 1.97. The van der Waals surface area contributed by atoms with Crippen LogP contribution >= 0.6 is 0 Å². The Balaban J connectivity index is 0.000000243. The molecule has 1 amide bonds. The summed E-state index contributed by atoms with van der Waals surface area (Å²) in [6.07, 6.45) is 3.34. The minimum atomic E-state index is -1.05. The van der Waals surface area contributed by atoms with E-state index in [-0.39, 0.29) is 18.9 Å². The van der Waals surface area contributed by atoms with E-state index in [0.717, 1.165) is 5.69 Å². The van der Waals surface area contributed by atoms with E-state index in [9.17, 15) is 14.4 Å². The fourth-order valence-corrected chi connectivity index (χ4v) is 1.57. The molecule has 1 unspecified atom stereocenters. The average Bonchev–Trinajstić information content (AvgIpc) is 3.07. The number of nitrogens with zero attached hydrogens (tertiary/aromatic N) is 1. The summed E-state index contributed by atoms with van der Waals surface area (Å²) in [7, 11) is 0. The van der Waals surface area contributed by atoms with E-state index in [4.69, 9.17) is 15.9 Å². The van der Waals surface area contributed by atoms with Crippen LogP contribution < -0.4 is 11.1 Å². The SMILES string of the molecule is NC(Cc1cnc[nH]1)C(=O)O.O=C(O)CNC(=O)c1ccccc1. The van der Waals surface area contributed by atoms with Crippen LogP contribution in [0.25, 0.3) is 0 Å². The van der Waals surface area contributed by atoms with Gasteiger partial charge in [-0.1, -0.05) is 18.2 Å². The second-order valence-corrected chi connectivity index (χ2v) is 4.67. The van der Waals surface area contributed by atoms with Gasteiger partial charge in [-0.3, -0.25) is 14.4 Å². The van der Waals surface area contributed by atoms with E-state index in [1.807, 2.05) is 0 Å². The molecule has 0 fully saturated rings. The number of aromatic nitrogens is 2. The van der Waals surface area contributed by atoms with Crippen molar-refractivity contribution >= 4 is 17.8 Å². The molecule has 0 radical (unpaired) electrons. The number of hydrogen-bond donors (Lipinski definition) is 5. The third-order valence-corrected chi connectivity index (χ3v) is 2.75. The quantitative estimate of drug-likeness (QED) is 0.492. The van der Waals surface area contributed by atoms with Gasteiger partial charge in [0.1, 0.15) is 12.6 Å². The first kappa shape index (κ1) is 18.8. The Morgan fingerprint density at radius 2 is 1.88 bits per heavy atom. The van der Waals surface area contributed by atoms with Crippen molar-refractivity contribution in [2.24, 2.45) is 5.73 Å². The number of nitrogens with two attached hydrogens (primary N) is 1. The first-order valence-corrected chi connectivity index (χ1v) is 6.90. The van der Waals surface area contributed by atoms with E-state index in [1.54, 1.807) is 36.5 Å². The first-order chi connectivity index (χ1) is 11.4. The Labute approximate surface area is 137 Å². The van der Waals surface area contributed by atoms with Crippen LogP contribution in [-0.4, -0.2) is 50.6 Å². The van der Waals surface area contributed by atoms with Crippen LogP contribution in [0.15, 0.2) is 42.9 Å². The van der Waals surface area contributed by atoms with Crippen molar-refractivity contribution in [3.8, 4) is 0 Å². The van der Waals surface area contributed by atoms with Crippen LogP contribution in [-0.2, 0) is 16.0 Å². The van der Waals surface area contributed by atoms with Crippen molar-refractivity contribution in [2.45, 2.75) is 12.5 Å². The highest BCUT2D eigenvalue weighted by atomic mass is 16.4. The van der Waals surface area contributed by atoms with E-state index < -0.39 is 18.0 Å². The third kappa shape index (κ3) is 7.18. The largest absolute Gasteiger partial charge is 0.480 e. The number of imidazole rings is 1. The second-order valence-electron chi connectivity index (χ2n) is 4.67. The molecule has 1 aromatic heterocycles. The zero-order valence-corrected chi connectivity index (χ0v) is 12.7. The van der Waals surface area contributed by atoms with Crippen molar-refractivity contribution in [3.63, 3.8) is 0 Å². The maximum atomic E-state index is 11.2. The van der Waals surface area contributed by atoms with Crippen LogP contribution in [0.1, 0.15) is 16.1 Å². The minimum absolute atomic E-state index is 0.287. The van der Waals surface area contributed by atoms with Gasteiger partial charge >= 0.3 is 11.9 Å². The van der Waals surface area contributed by atoms with Crippen LogP contribution in [0.4, 0.5) is 0 Å². The Kier molecular flexibility index (Phi) is 7.65. The lowest BCUT2D eigenvalue weighted by Crippen LogP contribution is -2.32. The lowest BCUT2D eigenvalue weighted by molar-refractivity contribution is -0.138. The topological polar surface area (TPSA) is 158 Å². The van der Waals surface area contributed by atoms with Gasteiger partial charge in [0, 0.05) is 23.9 Å². The number of rotatable bonds is 6. The van der Waals surface area contributed by atoms with Gasteiger partial charge in [0.15, 0.2) is 0 Å². The smallest absolute Gasteiger partial charge is 0.322 e. The lowest BCUT2D eigenvalue weighted by atomic mass is 10.2. The zero-order chi connectivity index (χ0) is 17.9. The number of carbonyl (C=O) groups excluding carboxylic acids is 1. The van der Waals surface area contributed by atoms with E-state index in [2.05, 4.69) is 15.3 Å². The molecule has 1 aromatic carbocycles. The predicted octanol–water partition coefficient (Wildman–Crippen LogP) is -0.135. The van der Waals surface area contributed by atoms with Crippen LogP contribution in [0, 0.1) is 0 Å². The molecule has 0 aliphatic carbocycles. The summed E-state index contributed by atoms with van der Waals surface area (Å²) in [5.41, 5.74) is 6.46. The molecule has 0 aliphatic heterocycles. The number of amides is 1. The molecule has 9 heteroatoms. The molecule has 6 N–H and O–H groups in total. The molecule has 0 saturated carbocycles. The summed E-state index contributed by atoms with van der Waals surface area (Å²) in [4.78, 5) is 38.1. The van der Waals surface area contributed by atoms with Gasteiger partial charge in [-0.25, -0.2) is 4.98 Å². The van der Waals surface area contributed by atoms with Crippen molar-refractivity contribution in [1.82, 2.24) is 15.3 Å². The molecule has 0 aliphatic rings. The molecular formula is C15H18N4O5. The molecule has 0 bridgehead atoms. The van der Waals surface area contributed by atoms with Crippen molar-refractivity contribution in [1.29, 1.82) is 0 Å². The number of carboxylic acid groups (broad SMARTS) is 2. The molecule has 9 nitrogen and oxygen atoms in total. The van der Waals surface area contributed by atoms with Crippen molar-refractivity contribution < 1.29 is 24.6 Å². The number of aliphatic carboxylic acids is 2. The van der Waals surface area contributed by atoms with Gasteiger partial charge in [0.2, 0.25) is 0 Å². The first-order valence-electron chi connectivity index (χ1n) is 6.90. The molecule has 0 saturated heterocycles. The van der Waals surface area contributed by atoms with Gasteiger partial charge in [-0.05, 0) is 12.1 Å². The van der Waals surface area contributed by atoms with Gasteiger partial charge in [-0.15, -0.1) is 0 Å². The number of carbonyl (C=O) groups is 3. The van der Waals surface area contributed by atoms with Gasteiger partial charge in [0.05, 0.1) is 6.33 Å². The van der Waals surface area contributed by atoms with Crippen LogP contribution in [0.2, 0.25) is 0 Å². The summed E-state index contributed by atoms with van der Waals surface area (Å²) in [6.45, 7) is -0.353. The summed E-state index contributed by atoms with van der Waals surface area (Å²) >= 11 is 0. The van der Waals surface area contributed by atoms with Crippen LogP contribution in [0.5, 0.6) is 0 Å². The number of hydrogen-bond acceptors (Lipinski definition) is 5. The number of nitrogens with one attached hydrogen (secondary N) is 2. The van der Waals surface area contributed by atoms with Gasteiger partial charge in [-0.2, -0.15) is 0 Å². The Bertz CT molecular complexity index is 658. The van der Waals surface area contributed by atoms with Crippen molar-refractivity contribution in [2.75, 3.05) is 6.54 Å². The summed E-state index contributed by atoms with van der Waals surface area (Å²) in [5, 5.41) is 19.0. The highest BCUT2D eigenvalue weighted by Gasteiger charge is 2.12. The van der Waals surface area contributed by atoms with Gasteiger partial charge < -0.3 is 26.2 Å². The number of aromatic amines is 1. The molecule has 24 heavy (non-hydrogen) atoms. The standard InChI is InChI=1S/C9H9NO3.C6H9N3O2/c11-8(12)6-10-9(13)7-4-2-1-3-5-7;7-5(6(10)11)1-4-2-8-3-9-4/h1-5H,6H2,(H,10,13)(H,11,12);2-3,5H,1,7H2,(H,8,9)(H,10,11). The maximum Gasteiger partial charge on any atom is 0.322 e.